The Hall–Kier alpha value is -0.810. The SMILES string of the molecule is CCC1(CN=C(N)NN)COC1. The number of ether oxygens (including phenoxy) is 1. The fourth-order valence-corrected chi connectivity index (χ4v) is 1.10. The topological polar surface area (TPSA) is 85.7 Å². The zero-order valence-electron chi connectivity index (χ0n) is 7.34. The Morgan fingerprint density at radius 2 is 2.33 bits per heavy atom. The van der Waals surface area contributed by atoms with Crippen LogP contribution in [0, 0.1) is 5.41 Å². The molecule has 12 heavy (non-hydrogen) atoms. The largest absolute Gasteiger partial charge is 0.380 e. The van der Waals surface area contributed by atoms with E-state index in [4.69, 9.17) is 16.3 Å². The van der Waals surface area contributed by atoms with Gasteiger partial charge in [-0.05, 0) is 6.42 Å². The fraction of sp³-hybridized carbons (Fsp3) is 0.857. The van der Waals surface area contributed by atoms with Crippen LogP contribution in [-0.4, -0.2) is 25.7 Å². The minimum absolute atomic E-state index is 0.210. The van der Waals surface area contributed by atoms with E-state index in [-0.39, 0.29) is 11.4 Å². The van der Waals surface area contributed by atoms with E-state index in [2.05, 4.69) is 17.3 Å². The van der Waals surface area contributed by atoms with Gasteiger partial charge in [-0.1, -0.05) is 6.92 Å². The van der Waals surface area contributed by atoms with Crippen molar-refractivity contribution in [2.75, 3.05) is 19.8 Å². The Morgan fingerprint density at radius 1 is 1.67 bits per heavy atom. The predicted octanol–water partition coefficient (Wildman–Crippen LogP) is -0.809. The molecule has 0 unspecified atom stereocenters. The van der Waals surface area contributed by atoms with E-state index in [9.17, 15) is 0 Å². The van der Waals surface area contributed by atoms with E-state index in [0.29, 0.717) is 6.54 Å². The summed E-state index contributed by atoms with van der Waals surface area (Å²) >= 11 is 0. The Bertz CT molecular complexity index is 171. The number of aliphatic imine (C=N–C) groups is 1. The number of hydrazine groups is 1. The summed E-state index contributed by atoms with van der Waals surface area (Å²) in [7, 11) is 0. The summed E-state index contributed by atoms with van der Waals surface area (Å²) in [5.74, 6) is 5.35. The van der Waals surface area contributed by atoms with Gasteiger partial charge in [0.25, 0.3) is 0 Å². The van der Waals surface area contributed by atoms with Crippen molar-refractivity contribution in [3.63, 3.8) is 0 Å². The third-order valence-corrected chi connectivity index (χ3v) is 2.30. The molecule has 1 aliphatic heterocycles. The lowest BCUT2D eigenvalue weighted by atomic mass is 9.83. The van der Waals surface area contributed by atoms with Crippen molar-refractivity contribution >= 4 is 5.96 Å². The molecule has 5 heteroatoms. The van der Waals surface area contributed by atoms with E-state index < -0.39 is 0 Å². The molecule has 0 aliphatic carbocycles. The normalized spacial score (nSPS) is 21.7. The molecule has 0 atom stereocenters. The second kappa shape index (κ2) is 3.73. The van der Waals surface area contributed by atoms with Gasteiger partial charge in [0.2, 0.25) is 5.96 Å². The summed E-state index contributed by atoms with van der Waals surface area (Å²) in [5.41, 5.74) is 7.89. The van der Waals surface area contributed by atoms with E-state index in [1.165, 1.54) is 0 Å². The standard InChI is InChI=1S/C7H16N4O/c1-2-7(4-12-5-7)3-10-6(8)11-9/h2-5,9H2,1H3,(H3,8,10,11). The van der Waals surface area contributed by atoms with Gasteiger partial charge in [-0.15, -0.1) is 0 Å². The van der Waals surface area contributed by atoms with Gasteiger partial charge in [0.15, 0.2) is 0 Å². The zero-order valence-corrected chi connectivity index (χ0v) is 7.34. The molecular weight excluding hydrogens is 156 g/mol. The van der Waals surface area contributed by atoms with Crippen molar-refractivity contribution in [1.82, 2.24) is 5.43 Å². The first kappa shape index (κ1) is 9.28. The summed E-state index contributed by atoms with van der Waals surface area (Å²) in [5, 5.41) is 0. The molecule has 0 aromatic heterocycles. The molecule has 0 aromatic carbocycles. The number of rotatable bonds is 3. The minimum atomic E-state index is 0.210. The summed E-state index contributed by atoms with van der Waals surface area (Å²) in [6.07, 6.45) is 1.06. The van der Waals surface area contributed by atoms with Crippen molar-refractivity contribution < 1.29 is 4.74 Å². The molecule has 0 bridgehead atoms. The molecule has 1 saturated heterocycles. The van der Waals surface area contributed by atoms with Crippen LogP contribution in [-0.2, 0) is 4.74 Å². The average molecular weight is 172 g/mol. The molecule has 5 nitrogen and oxygen atoms in total. The van der Waals surface area contributed by atoms with E-state index in [1.54, 1.807) is 0 Å². The number of nitrogens with zero attached hydrogens (tertiary/aromatic N) is 1. The van der Waals surface area contributed by atoms with Crippen molar-refractivity contribution in [2.24, 2.45) is 22.0 Å². The van der Waals surface area contributed by atoms with Crippen LogP contribution in [0.5, 0.6) is 0 Å². The third kappa shape index (κ3) is 1.86. The lowest BCUT2D eigenvalue weighted by Gasteiger charge is -2.39. The van der Waals surface area contributed by atoms with Crippen LogP contribution in [0.1, 0.15) is 13.3 Å². The highest BCUT2D eigenvalue weighted by Crippen LogP contribution is 2.31. The summed E-state index contributed by atoms with van der Waals surface area (Å²) in [6.45, 7) is 4.39. The van der Waals surface area contributed by atoms with Crippen molar-refractivity contribution in [2.45, 2.75) is 13.3 Å². The Morgan fingerprint density at radius 3 is 2.67 bits per heavy atom. The van der Waals surface area contributed by atoms with Gasteiger partial charge in [-0.25, -0.2) is 5.84 Å². The van der Waals surface area contributed by atoms with Crippen LogP contribution in [0.15, 0.2) is 4.99 Å². The van der Waals surface area contributed by atoms with Crippen LogP contribution >= 0.6 is 0 Å². The molecule has 0 aromatic rings. The molecule has 0 radical (unpaired) electrons. The molecule has 0 saturated carbocycles. The van der Waals surface area contributed by atoms with Crippen LogP contribution in [0.3, 0.4) is 0 Å². The van der Waals surface area contributed by atoms with Crippen LogP contribution in [0.25, 0.3) is 0 Å². The molecule has 0 amide bonds. The average Bonchev–Trinajstić information content (AvgIpc) is 2.03. The lowest BCUT2D eigenvalue weighted by Crippen LogP contribution is -2.46. The van der Waals surface area contributed by atoms with Crippen LogP contribution < -0.4 is 17.0 Å². The fourth-order valence-electron chi connectivity index (χ4n) is 1.10. The van der Waals surface area contributed by atoms with Gasteiger partial charge in [-0.2, -0.15) is 0 Å². The molecule has 1 aliphatic rings. The lowest BCUT2D eigenvalue weighted by molar-refractivity contribution is -0.108. The maximum Gasteiger partial charge on any atom is 0.203 e. The number of nitrogens with one attached hydrogen (secondary N) is 1. The molecule has 5 N–H and O–H groups in total. The second-order valence-electron chi connectivity index (χ2n) is 3.19. The second-order valence-corrected chi connectivity index (χ2v) is 3.19. The molecule has 1 fully saturated rings. The van der Waals surface area contributed by atoms with Gasteiger partial charge < -0.3 is 10.5 Å². The van der Waals surface area contributed by atoms with E-state index in [0.717, 1.165) is 19.6 Å². The molecule has 0 spiro atoms. The van der Waals surface area contributed by atoms with Crippen LogP contribution in [0.2, 0.25) is 0 Å². The van der Waals surface area contributed by atoms with Crippen LogP contribution in [0.4, 0.5) is 0 Å². The van der Waals surface area contributed by atoms with E-state index in [1.807, 2.05) is 0 Å². The third-order valence-electron chi connectivity index (χ3n) is 2.30. The molecular formula is C7H16N4O. The van der Waals surface area contributed by atoms with Gasteiger partial charge in [-0.3, -0.25) is 10.4 Å². The summed E-state index contributed by atoms with van der Waals surface area (Å²) < 4.78 is 5.13. The highest BCUT2D eigenvalue weighted by atomic mass is 16.5. The number of nitrogens with two attached hydrogens (primary N) is 2. The van der Waals surface area contributed by atoms with Gasteiger partial charge >= 0.3 is 0 Å². The predicted molar refractivity (Wildman–Crippen MR) is 47.4 cm³/mol. The summed E-state index contributed by atoms with van der Waals surface area (Å²) in [4.78, 5) is 4.09. The Labute approximate surface area is 72.1 Å². The van der Waals surface area contributed by atoms with Gasteiger partial charge in [0.1, 0.15) is 0 Å². The molecule has 1 rings (SSSR count). The first-order valence-electron chi connectivity index (χ1n) is 4.07. The summed E-state index contributed by atoms with van der Waals surface area (Å²) in [6, 6.07) is 0. The van der Waals surface area contributed by atoms with Gasteiger partial charge in [0.05, 0.1) is 19.8 Å². The molecule has 1 heterocycles. The maximum atomic E-state index is 5.39. The minimum Gasteiger partial charge on any atom is -0.380 e. The van der Waals surface area contributed by atoms with Crippen molar-refractivity contribution in [3.05, 3.63) is 0 Å². The van der Waals surface area contributed by atoms with Crippen molar-refractivity contribution in [1.29, 1.82) is 0 Å². The highest BCUT2D eigenvalue weighted by Gasteiger charge is 2.36. The molecule has 70 valence electrons. The van der Waals surface area contributed by atoms with Crippen molar-refractivity contribution in [3.8, 4) is 0 Å². The first-order chi connectivity index (χ1) is 5.72. The Balaban J connectivity index is 2.38. The smallest absolute Gasteiger partial charge is 0.203 e. The number of hydrogen-bond donors (Lipinski definition) is 3. The monoisotopic (exact) mass is 172 g/mol. The maximum absolute atomic E-state index is 5.39. The van der Waals surface area contributed by atoms with Gasteiger partial charge in [0, 0.05) is 5.41 Å². The Kier molecular flexibility index (Phi) is 2.88. The number of hydrogen-bond acceptors (Lipinski definition) is 3. The quantitative estimate of drug-likeness (QED) is 0.225. The van der Waals surface area contributed by atoms with E-state index >= 15 is 0 Å². The highest BCUT2D eigenvalue weighted by molar-refractivity contribution is 5.77. The first-order valence-corrected chi connectivity index (χ1v) is 4.07. The number of guanidine groups is 1. The zero-order chi connectivity index (χ0) is 9.03.